The summed E-state index contributed by atoms with van der Waals surface area (Å²) < 4.78 is 0. The van der Waals surface area contributed by atoms with Gasteiger partial charge < -0.3 is 5.73 Å². The van der Waals surface area contributed by atoms with E-state index < -0.39 is 0 Å². The summed E-state index contributed by atoms with van der Waals surface area (Å²) in [5, 5.41) is 17.7. The van der Waals surface area contributed by atoms with Crippen LogP contribution in [0.4, 0.5) is 11.6 Å². The monoisotopic (exact) mass is 376 g/mol. The Morgan fingerprint density at radius 2 is 1.24 bits per heavy atom. The van der Waals surface area contributed by atoms with Crippen LogP contribution >= 0.6 is 0 Å². The zero-order valence-corrected chi connectivity index (χ0v) is 15.4. The number of nitrogens with zero attached hydrogens (tertiary/aromatic N) is 5. The number of aromatic nitrogens is 2. The van der Waals surface area contributed by atoms with Crippen LogP contribution in [0.3, 0.4) is 0 Å². The highest BCUT2D eigenvalue weighted by molar-refractivity contribution is 5.77. The van der Waals surface area contributed by atoms with Gasteiger partial charge in [0.15, 0.2) is 5.82 Å². The fourth-order valence-corrected chi connectivity index (χ4v) is 2.50. The van der Waals surface area contributed by atoms with Crippen molar-refractivity contribution in [1.82, 2.24) is 9.97 Å². The zero-order valence-electron chi connectivity index (χ0n) is 15.4. The van der Waals surface area contributed by atoms with Crippen LogP contribution in [0.5, 0.6) is 0 Å². The maximum absolute atomic E-state index is 8.86. The first-order valence-electron chi connectivity index (χ1n) is 8.63. The number of hydrogen-bond donors (Lipinski definition) is 1. The van der Waals surface area contributed by atoms with Crippen molar-refractivity contribution in [2.75, 3.05) is 5.73 Å². The first kappa shape index (κ1) is 19.2. The molecule has 3 rings (SSSR count). The maximum Gasteiger partial charge on any atom is 0.178 e. The van der Waals surface area contributed by atoms with E-state index in [0.717, 1.165) is 11.1 Å². The predicted octanol–water partition coefficient (Wildman–Crippen LogP) is 4.48. The Labute approximate surface area is 168 Å². The van der Waals surface area contributed by atoms with E-state index >= 15 is 0 Å². The highest BCUT2D eigenvalue weighted by atomic mass is 15.0. The molecule has 0 spiro atoms. The number of nitrogen functional groups attached to an aromatic ring is 1. The number of hydrogen-bond acceptors (Lipinski definition) is 6. The lowest BCUT2D eigenvalue weighted by Gasteiger charge is -2.05. The standard InChI is InChI=1S/C23H16N6/c1-27-23-21(13-11-17-4-8-19(15-25)9-5-17)28-22(26)20(29-23)12-10-16-2-6-18(14-24)7-3-16/h2-13H,1H2,(H2,26,28)/b12-10+,13-11+. The Balaban J connectivity index is 1.85. The number of anilines is 1. The quantitative estimate of drug-likeness (QED) is 0.660. The van der Waals surface area contributed by atoms with Crippen molar-refractivity contribution < 1.29 is 0 Å². The third-order valence-electron chi connectivity index (χ3n) is 4.06. The molecule has 0 amide bonds. The molecule has 2 N–H and O–H groups in total. The van der Waals surface area contributed by atoms with Gasteiger partial charge in [-0.2, -0.15) is 10.5 Å². The molecule has 0 bridgehead atoms. The number of nitriles is 2. The van der Waals surface area contributed by atoms with Gasteiger partial charge in [0.2, 0.25) is 0 Å². The van der Waals surface area contributed by atoms with Gasteiger partial charge in [-0.05, 0) is 54.3 Å². The average molecular weight is 376 g/mol. The molecule has 6 nitrogen and oxygen atoms in total. The molecule has 1 heterocycles. The Hall–Kier alpha value is -4.55. The lowest BCUT2D eigenvalue weighted by molar-refractivity contribution is 1.15. The molecule has 0 aliphatic carbocycles. The molecule has 6 heteroatoms. The van der Waals surface area contributed by atoms with Gasteiger partial charge in [0.25, 0.3) is 0 Å². The maximum atomic E-state index is 8.86. The minimum Gasteiger partial charge on any atom is -0.382 e. The summed E-state index contributed by atoms with van der Waals surface area (Å²) in [6.45, 7) is 3.56. The molecule has 3 aromatic rings. The van der Waals surface area contributed by atoms with Crippen LogP contribution in [0.1, 0.15) is 33.6 Å². The first-order valence-corrected chi connectivity index (χ1v) is 8.63. The van der Waals surface area contributed by atoms with Gasteiger partial charge in [-0.25, -0.2) is 15.0 Å². The van der Waals surface area contributed by atoms with Crippen LogP contribution in [-0.2, 0) is 0 Å². The molecule has 0 aliphatic rings. The summed E-state index contributed by atoms with van der Waals surface area (Å²) in [6.07, 6.45) is 7.17. The minimum absolute atomic E-state index is 0.266. The van der Waals surface area contributed by atoms with Crippen molar-refractivity contribution in [2.24, 2.45) is 4.99 Å². The van der Waals surface area contributed by atoms with Crippen LogP contribution in [0, 0.1) is 22.7 Å². The molecule has 0 saturated carbocycles. The van der Waals surface area contributed by atoms with Crippen molar-refractivity contribution in [3.63, 3.8) is 0 Å². The van der Waals surface area contributed by atoms with Gasteiger partial charge >= 0.3 is 0 Å². The molecule has 29 heavy (non-hydrogen) atoms. The van der Waals surface area contributed by atoms with Gasteiger partial charge in [0.1, 0.15) is 17.2 Å². The highest BCUT2D eigenvalue weighted by Crippen LogP contribution is 2.22. The molecule has 0 saturated heterocycles. The van der Waals surface area contributed by atoms with E-state index in [0.29, 0.717) is 28.3 Å². The molecule has 0 aliphatic heterocycles. The van der Waals surface area contributed by atoms with Crippen molar-refractivity contribution in [2.45, 2.75) is 0 Å². The predicted molar refractivity (Wildman–Crippen MR) is 116 cm³/mol. The van der Waals surface area contributed by atoms with Gasteiger partial charge in [-0.15, -0.1) is 0 Å². The molecular formula is C23H16N6. The highest BCUT2D eigenvalue weighted by Gasteiger charge is 2.07. The van der Waals surface area contributed by atoms with Crippen LogP contribution in [0.25, 0.3) is 24.3 Å². The SMILES string of the molecule is C=Nc1nc(/C=C/c2ccc(C#N)cc2)c(N)nc1/C=C/c1ccc(C#N)cc1. The molecule has 0 atom stereocenters. The van der Waals surface area contributed by atoms with E-state index in [1.807, 2.05) is 36.4 Å². The molecule has 0 unspecified atom stereocenters. The van der Waals surface area contributed by atoms with Gasteiger partial charge in [-0.1, -0.05) is 36.4 Å². The lowest BCUT2D eigenvalue weighted by atomic mass is 10.1. The second-order valence-electron chi connectivity index (χ2n) is 6.00. The smallest absolute Gasteiger partial charge is 0.178 e. The van der Waals surface area contributed by atoms with E-state index in [2.05, 4.69) is 33.8 Å². The minimum atomic E-state index is 0.266. The van der Waals surface area contributed by atoms with E-state index in [1.54, 1.807) is 36.4 Å². The lowest BCUT2D eigenvalue weighted by Crippen LogP contribution is -1.99. The van der Waals surface area contributed by atoms with E-state index in [9.17, 15) is 0 Å². The van der Waals surface area contributed by atoms with Crippen molar-refractivity contribution in [1.29, 1.82) is 10.5 Å². The van der Waals surface area contributed by atoms with E-state index in [4.69, 9.17) is 16.3 Å². The van der Waals surface area contributed by atoms with Crippen LogP contribution in [-0.4, -0.2) is 16.7 Å². The number of rotatable bonds is 5. The average Bonchev–Trinajstić information content (AvgIpc) is 2.77. The summed E-state index contributed by atoms with van der Waals surface area (Å²) >= 11 is 0. The Morgan fingerprint density at radius 1 is 0.759 bits per heavy atom. The molecular weight excluding hydrogens is 360 g/mol. The first-order chi connectivity index (χ1) is 14.1. The summed E-state index contributed by atoms with van der Waals surface area (Å²) in [4.78, 5) is 12.8. The fourth-order valence-electron chi connectivity index (χ4n) is 2.50. The van der Waals surface area contributed by atoms with E-state index in [-0.39, 0.29) is 5.82 Å². The molecule has 138 valence electrons. The van der Waals surface area contributed by atoms with Gasteiger partial charge in [0.05, 0.1) is 23.3 Å². The third-order valence-corrected chi connectivity index (χ3v) is 4.06. The van der Waals surface area contributed by atoms with Crippen molar-refractivity contribution in [3.05, 3.63) is 82.2 Å². The van der Waals surface area contributed by atoms with E-state index in [1.165, 1.54) is 0 Å². The summed E-state index contributed by atoms with van der Waals surface area (Å²) in [5.74, 6) is 0.630. The number of aliphatic imine (C=N–C) groups is 1. The summed E-state index contributed by atoms with van der Waals surface area (Å²) in [6, 6.07) is 18.5. The third kappa shape index (κ3) is 4.79. The van der Waals surface area contributed by atoms with Gasteiger partial charge in [0, 0.05) is 0 Å². The normalized spacial score (nSPS) is 10.7. The van der Waals surface area contributed by atoms with Crippen molar-refractivity contribution in [3.8, 4) is 12.1 Å². The number of nitrogens with two attached hydrogens (primary N) is 1. The second-order valence-corrected chi connectivity index (χ2v) is 6.00. The van der Waals surface area contributed by atoms with Crippen LogP contribution < -0.4 is 5.73 Å². The fraction of sp³-hybridized carbons (Fsp3) is 0. The summed E-state index contributed by atoms with van der Waals surface area (Å²) in [5.41, 5.74) is 10.0. The Kier molecular flexibility index (Phi) is 5.90. The Morgan fingerprint density at radius 3 is 1.69 bits per heavy atom. The topological polar surface area (TPSA) is 112 Å². The molecule has 2 aromatic carbocycles. The zero-order chi connectivity index (χ0) is 20.6. The molecule has 1 aromatic heterocycles. The van der Waals surface area contributed by atoms with Crippen LogP contribution in [0.2, 0.25) is 0 Å². The molecule has 0 radical (unpaired) electrons. The largest absolute Gasteiger partial charge is 0.382 e. The molecule has 0 fully saturated rings. The second kappa shape index (κ2) is 8.90. The van der Waals surface area contributed by atoms with Crippen LogP contribution in [0.15, 0.2) is 53.5 Å². The summed E-state index contributed by atoms with van der Waals surface area (Å²) in [7, 11) is 0. The Bertz CT molecular complexity index is 1170. The number of benzene rings is 2. The van der Waals surface area contributed by atoms with Gasteiger partial charge in [-0.3, -0.25) is 0 Å². The van der Waals surface area contributed by atoms with Crippen molar-refractivity contribution >= 4 is 42.7 Å².